The van der Waals surface area contributed by atoms with Gasteiger partial charge in [0.05, 0.1) is 8.07 Å². The molecule has 0 fully saturated rings. The van der Waals surface area contributed by atoms with Gasteiger partial charge in [0.2, 0.25) is 0 Å². The summed E-state index contributed by atoms with van der Waals surface area (Å²) < 4.78 is 61.9. The molecule has 1 aliphatic heterocycles. The Kier molecular flexibility index (Phi) is 8.06. The minimum Gasteiger partial charge on any atom is -0.661 e. The number of pyridine rings is 1. The largest absolute Gasteiger partial charge is 3.00 e. The average Bonchev–Trinajstić information content (AvgIpc) is 3.72. The van der Waals surface area contributed by atoms with E-state index < -0.39 is 21.3 Å². The van der Waals surface area contributed by atoms with Gasteiger partial charge >= 0.3 is 20.1 Å². The second kappa shape index (κ2) is 14.8. The normalized spacial score (nSPS) is 16.4. The van der Waals surface area contributed by atoms with E-state index in [4.69, 9.17) is 19.3 Å². The van der Waals surface area contributed by atoms with Crippen molar-refractivity contribution in [2.75, 3.05) is 4.90 Å². The summed E-state index contributed by atoms with van der Waals surface area (Å²) in [6.45, 7) is 7.49. The Bertz CT molecular complexity index is 2530. The third-order valence-corrected chi connectivity index (χ3v) is 10.4. The molecule has 3 heterocycles. The summed E-state index contributed by atoms with van der Waals surface area (Å²) in [5.41, 5.74) is 6.91. The van der Waals surface area contributed by atoms with Gasteiger partial charge in [0.25, 0.3) is 0 Å². The van der Waals surface area contributed by atoms with Crippen molar-refractivity contribution in [2.45, 2.75) is 52.9 Å². The Labute approximate surface area is 320 Å². The Morgan fingerprint density at radius 3 is 2.46 bits per heavy atom. The van der Waals surface area contributed by atoms with Gasteiger partial charge in [0, 0.05) is 32.7 Å². The van der Waals surface area contributed by atoms with Gasteiger partial charge in [-0.2, -0.15) is 17.7 Å². The van der Waals surface area contributed by atoms with Crippen LogP contribution < -0.4 is 10.1 Å². The molecule has 7 aromatic rings. The molecule has 0 N–H and O–H groups in total. The van der Waals surface area contributed by atoms with Gasteiger partial charge in [0.15, 0.2) is 0 Å². The third kappa shape index (κ3) is 7.34. The number of para-hydroxylation sites is 4. The molecule has 0 bridgehead atoms. The summed E-state index contributed by atoms with van der Waals surface area (Å²) in [6.07, 6.45) is -0.0487. The molecule has 2 aromatic heterocycles. The van der Waals surface area contributed by atoms with Crippen LogP contribution in [0.15, 0.2) is 126 Å². The van der Waals surface area contributed by atoms with Crippen LogP contribution in [-0.2, 0) is 26.5 Å². The summed E-state index contributed by atoms with van der Waals surface area (Å²) >= 11 is 0. The number of hydrogen-bond acceptors (Lipinski definition) is 3. The van der Waals surface area contributed by atoms with Crippen molar-refractivity contribution in [3.63, 3.8) is 0 Å². The minimum absolute atomic E-state index is 0. The van der Waals surface area contributed by atoms with E-state index >= 15 is 0 Å². The number of benzene rings is 5. The molecule has 252 valence electrons. The number of hydrogen-bond donors (Lipinski definition) is 0. The maximum absolute atomic E-state index is 8.60. The zero-order valence-electron chi connectivity index (χ0n) is 35.6. The fourth-order valence-electron chi connectivity index (χ4n) is 6.12. The van der Waals surface area contributed by atoms with Crippen molar-refractivity contribution in [3.8, 4) is 11.3 Å². The monoisotopic (exact) mass is 856 g/mol. The Morgan fingerprint density at radius 2 is 1.70 bits per heavy atom. The van der Waals surface area contributed by atoms with E-state index in [1.54, 1.807) is 12.3 Å². The third-order valence-electron chi connectivity index (χ3n) is 8.41. The van der Waals surface area contributed by atoms with Crippen LogP contribution in [0.5, 0.6) is 0 Å². The first-order valence-corrected chi connectivity index (χ1v) is 20.0. The van der Waals surface area contributed by atoms with Crippen LogP contribution in [0.3, 0.4) is 0 Å². The summed E-state index contributed by atoms with van der Waals surface area (Å²) in [5.74, 6) is -0.252. The van der Waals surface area contributed by atoms with E-state index in [1.165, 1.54) is 6.07 Å². The molecule has 5 aromatic carbocycles. The zero-order valence-corrected chi connectivity index (χ0v) is 32.0. The van der Waals surface area contributed by atoms with Crippen LogP contribution in [0.25, 0.3) is 38.5 Å². The molecule has 8 rings (SSSR count). The molecule has 1 aliphatic rings. The quantitative estimate of drug-likeness (QED) is 0.124. The summed E-state index contributed by atoms with van der Waals surface area (Å²) in [7, 11) is -1.87. The van der Waals surface area contributed by atoms with Gasteiger partial charge in [-0.1, -0.05) is 112 Å². The van der Waals surface area contributed by atoms with Gasteiger partial charge in [-0.05, 0) is 59.0 Å². The van der Waals surface area contributed by atoms with Crippen LogP contribution in [0, 0.1) is 24.9 Å². The van der Waals surface area contributed by atoms with Gasteiger partial charge in [-0.25, -0.2) is 0 Å². The molecular formula is C44H42IrN3OSi. The molecule has 1 atom stereocenters. The van der Waals surface area contributed by atoms with Gasteiger partial charge in [-0.15, -0.1) is 47.1 Å². The van der Waals surface area contributed by atoms with Crippen LogP contribution in [0.1, 0.15) is 46.3 Å². The zero-order chi connectivity index (χ0) is 40.2. The maximum Gasteiger partial charge on any atom is 3.00 e. The van der Waals surface area contributed by atoms with E-state index in [2.05, 4.69) is 96.3 Å². The number of rotatable bonds is 6. The number of furan rings is 1. The topological polar surface area (TPSA) is 43.4 Å². The van der Waals surface area contributed by atoms with E-state index in [9.17, 15) is 0 Å². The first-order valence-electron chi connectivity index (χ1n) is 20.0. The maximum atomic E-state index is 8.60. The molecule has 50 heavy (non-hydrogen) atoms. The summed E-state index contributed by atoms with van der Waals surface area (Å²) in [4.78, 5) is 6.71. The van der Waals surface area contributed by atoms with E-state index in [0.29, 0.717) is 16.8 Å². The van der Waals surface area contributed by atoms with Crippen LogP contribution in [0.2, 0.25) is 19.6 Å². The van der Waals surface area contributed by atoms with Crippen molar-refractivity contribution >= 4 is 52.3 Å². The van der Waals surface area contributed by atoms with Crippen molar-refractivity contribution in [3.05, 3.63) is 156 Å². The number of aromatic nitrogens is 1. The minimum atomic E-state index is -2.56. The predicted octanol–water partition coefficient (Wildman–Crippen LogP) is 11.8. The molecule has 0 saturated carbocycles. The molecule has 1 unspecified atom stereocenters. The second-order valence-electron chi connectivity index (χ2n) is 13.5. The summed E-state index contributed by atoms with van der Waals surface area (Å²) in [6, 6.07) is 39.4. The van der Waals surface area contributed by atoms with Gasteiger partial charge in [-0.3, -0.25) is 0 Å². The fourth-order valence-corrected chi connectivity index (χ4v) is 7.52. The first-order chi connectivity index (χ1) is 26.4. The molecule has 6 heteroatoms. The number of fused-ring (bicyclic) bond motifs is 4. The fraction of sp³-hybridized carbons (Fsp3) is 0.205. The van der Waals surface area contributed by atoms with Crippen molar-refractivity contribution in [1.82, 2.24) is 4.98 Å². The number of anilines is 2. The van der Waals surface area contributed by atoms with Crippen molar-refractivity contribution in [1.29, 1.82) is 0 Å². The molecule has 0 amide bonds. The first kappa shape index (κ1) is 27.3. The van der Waals surface area contributed by atoms with Gasteiger partial charge < -0.3 is 19.6 Å². The van der Waals surface area contributed by atoms with Crippen LogP contribution in [0.4, 0.5) is 17.1 Å². The molecule has 0 radical (unpaired) electrons. The van der Waals surface area contributed by atoms with Crippen LogP contribution >= 0.6 is 0 Å². The summed E-state index contributed by atoms with van der Waals surface area (Å²) in [5, 5.41) is 8.12. The Morgan fingerprint density at radius 1 is 0.940 bits per heavy atom. The standard InChI is InChI=1S/C25H16N2O.C19H26NSi.Ir/c1-2-8-18(9-3-1)27-22-12-6-5-11-21(22)26-25(27)17-14-15-20-19-10-4-7-13-23(19)28-24(20)16-17;1-14(2)11-17-12-18(16-9-7-15(3)8-10-16)20-13-19(17)21(4,5)6;/h1-13,15-16,25H;7-9,12-14H,11H2,1-6H3;/q-2;-1;+3/i;3D3,7D,8D,11D2;. The van der Waals surface area contributed by atoms with E-state index in [0.717, 1.165) is 49.8 Å². The van der Waals surface area contributed by atoms with Gasteiger partial charge in [0.1, 0.15) is 5.58 Å². The van der Waals surface area contributed by atoms with Crippen molar-refractivity contribution < 1.29 is 34.1 Å². The predicted molar refractivity (Wildman–Crippen MR) is 208 cm³/mol. The van der Waals surface area contributed by atoms with Crippen molar-refractivity contribution in [2.24, 2.45) is 5.92 Å². The smallest absolute Gasteiger partial charge is 0.661 e. The number of nitrogens with zero attached hydrogens (tertiary/aromatic N) is 3. The molecule has 0 spiro atoms. The average molecular weight is 856 g/mol. The molecular weight excluding hydrogens is 807 g/mol. The van der Waals surface area contributed by atoms with E-state index in [1.807, 2.05) is 50.2 Å². The molecule has 4 nitrogen and oxygen atoms in total. The molecule has 0 aliphatic carbocycles. The van der Waals surface area contributed by atoms with E-state index in [-0.39, 0.29) is 49.8 Å². The Hall–Kier alpha value is -4.48. The molecule has 0 saturated heterocycles. The second-order valence-corrected chi connectivity index (χ2v) is 18.5. The van der Waals surface area contributed by atoms with Crippen LogP contribution in [-0.4, -0.2) is 13.1 Å². The Balaban J connectivity index is 0.000000189. The SMILES string of the molecule is [2H]c1[c-]c(-c2cc(C([2H])([2H])C(C)C)c([Si](C)(C)C)cn2)cc([2H])c1C([2H])([2H])[2H].[Ir+3].[c-]1cc2c(cc1C1[N-]c3ccccc3N1c1ccccc1)oc1ccccc12.